The van der Waals surface area contributed by atoms with Gasteiger partial charge in [0.1, 0.15) is 29.8 Å². The highest BCUT2D eigenvalue weighted by Crippen LogP contribution is 2.19. The van der Waals surface area contributed by atoms with Gasteiger partial charge < -0.3 is 24.0 Å². The number of hydrogen-bond acceptors (Lipinski definition) is 6. The van der Waals surface area contributed by atoms with E-state index in [0.717, 1.165) is 5.56 Å². The molecule has 1 atom stereocenters. The molecule has 1 aliphatic rings. The molecule has 0 spiro atoms. The van der Waals surface area contributed by atoms with Gasteiger partial charge in [-0.1, -0.05) is 17.3 Å². The van der Waals surface area contributed by atoms with E-state index in [0.29, 0.717) is 30.2 Å². The Morgan fingerprint density at radius 1 is 1.44 bits per heavy atom. The summed E-state index contributed by atoms with van der Waals surface area (Å²) in [6.45, 7) is 4.66. The van der Waals surface area contributed by atoms with Crippen LogP contribution in [0.4, 0.5) is 0 Å². The molecule has 1 saturated heterocycles. The number of aryl methyl sites for hydroxylation is 2. The van der Waals surface area contributed by atoms with Gasteiger partial charge in [0, 0.05) is 6.54 Å². The first-order valence-corrected chi connectivity index (χ1v) is 8.17. The second kappa shape index (κ2) is 7.25. The Bertz CT molecular complexity index is 745. The molecule has 1 aromatic carbocycles. The largest absolute Gasteiger partial charge is 0.490 e. The van der Waals surface area contributed by atoms with Crippen LogP contribution in [-0.2, 0) is 4.74 Å². The van der Waals surface area contributed by atoms with Gasteiger partial charge in [-0.25, -0.2) is 0 Å². The highest BCUT2D eigenvalue weighted by Gasteiger charge is 2.36. The molecule has 0 radical (unpaired) electrons. The smallest absolute Gasteiger partial charge is 0.259 e. The van der Waals surface area contributed by atoms with E-state index in [9.17, 15) is 9.90 Å². The minimum absolute atomic E-state index is 0.0306. The van der Waals surface area contributed by atoms with Crippen molar-refractivity contribution >= 4 is 5.91 Å². The summed E-state index contributed by atoms with van der Waals surface area (Å²) in [5, 5.41) is 14.6. The van der Waals surface area contributed by atoms with Crippen molar-refractivity contribution in [2.45, 2.75) is 19.4 Å². The van der Waals surface area contributed by atoms with Crippen LogP contribution in [0.25, 0.3) is 0 Å². The minimum Gasteiger partial charge on any atom is -0.490 e. The molecule has 1 fully saturated rings. The number of β-amino-alcohol motifs (C(OH)–C–C–N with tert-alkyl or cyclic N) is 1. The number of amides is 1. The summed E-state index contributed by atoms with van der Waals surface area (Å²) < 4.78 is 16.1. The van der Waals surface area contributed by atoms with Gasteiger partial charge in [0.05, 0.1) is 25.5 Å². The maximum absolute atomic E-state index is 12.7. The van der Waals surface area contributed by atoms with E-state index < -0.39 is 5.60 Å². The molecule has 1 unspecified atom stereocenters. The van der Waals surface area contributed by atoms with Crippen molar-refractivity contribution in [3.8, 4) is 5.75 Å². The topological polar surface area (TPSA) is 85.0 Å². The van der Waals surface area contributed by atoms with Gasteiger partial charge in [-0.05, 0) is 31.5 Å². The van der Waals surface area contributed by atoms with Crippen LogP contribution >= 0.6 is 0 Å². The lowest BCUT2D eigenvalue weighted by molar-refractivity contribution is -0.0621. The molecule has 1 aromatic heterocycles. The molecular formula is C18H22N2O5. The van der Waals surface area contributed by atoms with Crippen molar-refractivity contribution in [3.63, 3.8) is 0 Å². The third-order valence-electron chi connectivity index (χ3n) is 4.13. The van der Waals surface area contributed by atoms with Crippen LogP contribution in [-0.4, -0.2) is 59.6 Å². The Morgan fingerprint density at radius 3 is 3.00 bits per heavy atom. The summed E-state index contributed by atoms with van der Waals surface area (Å²) in [4.78, 5) is 14.2. The van der Waals surface area contributed by atoms with Crippen LogP contribution in [0.3, 0.4) is 0 Å². The minimum atomic E-state index is -1.29. The highest BCUT2D eigenvalue weighted by molar-refractivity contribution is 5.94. The van der Waals surface area contributed by atoms with Gasteiger partial charge in [0.2, 0.25) is 0 Å². The van der Waals surface area contributed by atoms with E-state index in [1.54, 1.807) is 11.8 Å². The van der Waals surface area contributed by atoms with Crippen molar-refractivity contribution in [3.05, 3.63) is 47.3 Å². The van der Waals surface area contributed by atoms with Crippen molar-refractivity contribution in [2.75, 3.05) is 32.9 Å². The number of carbonyl (C=O) groups excluding carboxylic acids is 1. The van der Waals surface area contributed by atoms with Crippen LogP contribution in [0.5, 0.6) is 5.75 Å². The summed E-state index contributed by atoms with van der Waals surface area (Å²) in [6.07, 6.45) is 1.33. The predicted molar refractivity (Wildman–Crippen MR) is 89.6 cm³/mol. The van der Waals surface area contributed by atoms with Crippen LogP contribution < -0.4 is 4.74 Å². The standard InChI is InChI=1S/C18H22N2O5/c1-13-4-3-5-15(8-13)24-12-18(22)10-20(6-7-23-11-18)17(21)16-9-25-19-14(16)2/h3-5,8-9,22H,6-7,10-12H2,1-2H3. The lowest BCUT2D eigenvalue weighted by Gasteiger charge is -2.30. The highest BCUT2D eigenvalue weighted by atomic mass is 16.5. The quantitative estimate of drug-likeness (QED) is 0.905. The van der Waals surface area contributed by atoms with Gasteiger partial charge in [0.15, 0.2) is 0 Å². The molecule has 7 heteroatoms. The van der Waals surface area contributed by atoms with E-state index in [1.807, 2.05) is 31.2 Å². The first-order valence-electron chi connectivity index (χ1n) is 8.17. The van der Waals surface area contributed by atoms with Gasteiger partial charge in [-0.3, -0.25) is 4.79 Å². The average molecular weight is 346 g/mol. The zero-order valence-corrected chi connectivity index (χ0v) is 14.4. The van der Waals surface area contributed by atoms with Gasteiger partial charge in [0.25, 0.3) is 5.91 Å². The molecule has 0 bridgehead atoms. The van der Waals surface area contributed by atoms with E-state index in [2.05, 4.69) is 5.16 Å². The number of hydrogen-bond donors (Lipinski definition) is 1. The molecule has 2 aromatic rings. The number of aliphatic hydroxyl groups is 1. The lowest BCUT2D eigenvalue weighted by Crippen LogP contribution is -2.50. The van der Waals surface area contributed by atoms with Gasteiger partial charge in [-0.2, -0.15) is 0 Å². The van der Waals surface area contributed by atoms with Crippen LogP contribution in [0.2, 0.25) is 0 Å². The molecule has 1 N–H and O–H groups in total. The zero-order chi connectivity index (χ0) is 17.9. The molecule has 1 amide bonds. The Kier molecular flexibility index (Phi) is 5.06. The van der Waals surface area contributed by atoms with Crippen LogP contribution in [0.1, 0.15) is 21.6 Å². The first kappa shape index (κ1) is 17.4. The number of rotatable bonds is 4. The van der Waals surface area contributed by atoms with Crippen molar-refractivity contribution in [1.82, 2.24) is 10.1 Å². The molecule has 25 heavy (non-hydrogen) atoms. The molecule has 2 heterocycles. The predicted octanol–water partition coefficient (Wildman–Crippen LogP) is 1.57. The first-order chi connectivity index (χ1) is 12.0. The fraction of sp³-hybridized carbons (Fsp3) is 0.444. The second-order valence-corrected chi connectivity index (χ2v) is 6.42. The van der Waals surface area contributed by atoms with Crippen molar-refractivity contribution < 1.29 is 23.9 Å². The second-order valence-electron chi connectivity index (χ2n) is 6.42. The SMILES string of the molecule is Cc1cccc(OCC2(O)COCCN(C(=O)c3conc3C)C2)c1. The summed E-state index contributed by atoms with van der Waals surface area (Å²) in [5.41, 5.74) is 0.695. The lowest BCUT2D eigenvalue weighted by atomic mass is 10.1. The monoisotopic (exact) mass is 346 g/mol. The van der Waals surface area contributed by atoms with Crippen molar-refractivity contribution in [2.24, 2.45) is 0 Å². The number of benzene rings is 1. The molecule has 0 saturated carbocycles. The zero-order valence-electron chi connectivity index (χ0n) is 14.4. The average Bonchev–Trinajstić information content (AvgIpc) is 2.91. The van der Waals surface area contributed by atoms with E-state index in [-0.39, 0.29) is 25.7 Å². The Balaban J connectivity index is 1.70. The summed E-state index contributed by atoms with van der Waals surface area (Å²) >= 11 is 0. The summed E-state index contributed by atoms with van der Waals surface area (Å²) in [5.74, 6) is 0.434. The molecule has 0 aliphatic carbocycles. The summed E-state index contributed by atoms with van der Waals surface area (Å²) in [6, 6.07) is 7.59. The molecule has 1 aliphatic heterocycles. The van der Waals surface area contributed by atoms with Gasteiger partial charge in [-0.15, -0.1) is 0 Å². The molecule has 3 rings (SSSR count). The van der Waals surface area contributed by atoms with Gasteiger partial charge >= 0.3 is 0 Å². The normalized spacial score (nSPS) is 21.0. The fourth-order valence-corrected chi connectivity index (χ4v) is 2.77. The van der Waals surface area contributed by atoms with Crippen LogP contribution in [0, 0.1) is 13.8 Å². The Hall–Kier alpha value is -2.38. The maximum Gasteiger partial charge on any atom is 0.259 e. The molecule has 7 nitrogen and oxygen atoms in total. The summed E-state index contributed by atoms with van der Waals surface area (Å²) in [7, 11) is 0. The third-order valence-corrected chi connectivity index (χ3v) is 4.13. The molecule has 134 valence electrons. The number of carbonyl (C=O) groups is 1. The van der Waals surface area contributed by atoms with Crippen molar-refractivity contribution in [1.29, 1.82) is 0 Å². The Labute approximate surface area is 146 Å². The van der Waals surface area contributed by atoms with E-state index >= 15 is 0 Å². The fourth-order valence-electron chi connectivity index (χ4n) is 2.77. The molecular weight excluding hydrogens is 324 g/mol. The third kappa shape index (κ3) is 4.18. The Morgan fingerprint density at radius 2 is 2.28 bits per heavy atom. The number of aromatic nitrogens is 1. The van der Waals surface area contributed by atoms with Crippen LogP contribution in [0.15, 0.2) is 35.1 Å². The number of nitrogens with zero attached hydrogens (tertiary/aromatic N) is 2. The van der Waals surface area contributed by atoms with E-state index in [1.165, 1.54) is 6.26 Å². The number of ether oxygens (including phenoxy) is 2. The maximum atomic E-state index is 12.7. The van der Waals surface area contributed by atoms with E-state index in [4.69, 9.17) is 14.0 Å².